The lowest BCUT2D eigenvalue weighted by Crippen LogP contribution is -2.33. The zero-order valence-electron chi connectivity index (χ0n) is 20.6. The normalized spacial score (nSPS) is 13.2. The van der Waals surface area contributed by atoms with Crippen molar-refractivity contribution in [1.29, 1.82) is 0 Å². The summed E-state index contributed by atoms with van der Waals surface area (Å²) in [6.07, 6.45) is 2.32. The molecule has 0 fully saturated rings. The van der Waals surface area contributed by atoms with Crippen molar-refractivity contribution in [2.45, 2.75) is 32.1 Å². The van der Waals surface area contributed by atoms with Gasteiger partial charge in [-0.1, -0.05) is 24.3 Å². The van der Waals surface area contributed by atoms with Crippen molar-refractivity contribution >= 4 is 16.0 Å². The van der Waals surface area contributed by atoms with Gasteiger partial charge < -0.3 is 9.47 Å². The Kier molecular flexibility index (Phi) is 7.27. The summed E-state index contributed by atoms with van der Waals surface area (Å²) in [4.78, 5) is 12.9. The lowest BCUT2D eigenvalue weighted by molar-refractivity contribution is 0.0949. The minimum absolute atomic E-state index is 0.00967. The molecule has 0 amide bonds. The molecule has 3 heterocycles. The SMILES string of the molecule is COc1cccc(-c2nnc(NS(=O)(=O)C(C)C(OC)c3ncc(C)cn3)n2-c2ccccc2C)n1. The van der Waals surface area contributed by atoms with Gasteiger partial charge in [0.1, 0.15) is 17.0 Å². The van der Waals surface area contributed by atoms with Gasteiger partial charge in [-0.25, -0.2) is 23.4 Å². The van der Waals surface area contributed by atoms with Crippen molar-refractivity contribution in [2.75, 3.05) is 18.9 Å². The first kappa shape index (κ1) is 25.2. The van der Waals surface area contributed by atoms with E-state index in [-0.39, 0.29) is 11.8 Å². The Morgan fingerprint density at radius 3 is 2.36 bits per heavy atom. The molecule has 4 aromatic rings. The third kappa shape index (κ3) is 5.04. The van der Waals surface area contributed by atoms with E-state index in [9.17, 15) is 8.42 Å². The van der Waals surface area contributed by atoms with Gasteiger partial charge in [0.15, 0.2) is 11.6 Å². The molecule has 3 aromatic heterocycles. The van der Waals surface area contributed by atoms with Crippen LogP contribution in [0.3, 0.4) is 0 Å². The molecule has 4 rings (SSSR count). The van der Waals surface area contributed by atoms with Crippen LogP contribution < -0.4 is 9.46 Å². The van der Waals surface area contributed by atoms with Crippen LogP contribution in [-0.4, -0.2) is 57.6 Å². The number of rotatable bonds is 9. The molecule has 0 saturated heterocycles. The summed E-state index contributed by atoms with van der Waals surface area (Å²) < 4.78 is 41.9. The van der Waals surface area contributed by atoms with E-state index in [1.807, 2.05) is 38.1 Å². The van der Waals surface area contributed by atoms with Crippen LogP contribution >= 0.6 is 0 Å². The molecule has 36 heavy (non-hydrogen) atoms. The Labute approximate surface area is 209 Å². The number of hydrogen-bond donors (Lipinski definition) is 1. The molecule has 0 spiro atoms. The summed E-state index contributed by atoms with van der Waals surface area (Å²) in [7, 11) is -1.10. The Bertz CT molecular complexity index is 1460. The fraction of sp³-hybridized carbons (Fsp3) is 0.292. The largest absolute Gasteiger partial charge is 0.481 e. The monoisotopic (exact) mass is 509 g/mol. The van der Waals surface area contributed by atoms with Crippen molar-refractivity contribution in [3.8, 4) is 23.1 Å². The van der Waals surface area contributed by atoms with Gasteiger partial charge in [-0.05, 0) is 44.0 Å². The molecule has 0 aliphatic rings. The quantitative estimate of drug-likeness (QED) is 0.361. The van der Waals surface area contributed by atoms with Gasteiger partial charge in [0.05, 0.1) is 12.8 Å². The van der Waals surface area contributed by atoms with Gasteiger partial charge in [0.25, 0.3) is 0 Å². The topological polar surface area (TPSA) is 134 Å². The van der Waals surface area contributed by atoms with Crippen LogP contribution in [0.1, 0.15) is 30.0 Å². The van der Waals surface area contributed by atoms with E-state index >= 15 is 0 Å². The molecule has 0 radical (unpaired) electrons. The molecule has 0 bridgehead atoms. The van der Waals surface area contributed by atoms with Crippen LogP contribution in [-0.2, 0) is 14.8 Å². The fourth-order valence-corrected chi connectivity index (χ4v) is 4.78. The summed E-state index contributed by atoms with van der Waals surface area (Å²) in [6, 6.07) is 12.7. The number of nitrogens with zero attached hydrogens (tertiary/aromatic N) is 6. The number of methoxy groups -OCH3 is 2. The minimum atomic E-state index is -4.03. The predicted molar refractivity (Wildman–Crippen MR) is 134 cm³/mol. The Balaban J connectivity index is 1.77. The van der Waals surface area contributed by atoms with Crippen molar-refractivity contribution in [2.24, 2.45) is 0 Å². The number of pyridine rings is 1. The first-order chi connectivity index (χ1) is 17.2. The maximum atomic E-state index is 13.5. The number of aromatic nitrogens is 6. The molecule has 12 heteroatoms. The van der Waals surface area contributed by atoms with Gasteiger partial charge in [-0.2, -0.15) is 0 Å². The molecular formula is C24H27N7O4S. The van der Waals surface area contributed by atoms with Crippen molar-refractivity contribution in [3.05, 3.63) is 71.8 Å². The molecule has 0 saturated carbocycles. The zero-order valence-corrected chi connectivity index (χ0v) is 21.4. The number of anilines is 1. The highest BCUT2D eigenvalue weighted by atomic mass is 32.2. The van der Waals surface area contributed by atoms with Crippen LogP contribution in [0.4, 0.5) is 5.95 Å². The maximum Gasteiger partial charge on any atom is 0.243 e. The fourth-order valence-electron chi connectivity index (χ4n) is 3.65. The molecule has 2 atom stereocenters. The first-order valence-corrected chi connectivity index (χ1v) is 12.7. The summed E-state index contributed by atoms with van der Waals surface area (Å²) >= 11 is 0. The Morgan fingerprint density at radius 1 is 0.972 bits per heavy atom. The molecule has 1 aromatic carbocycles. The number of ether oxygens (including phenoxy) is 2. The van der Waals surface area contributed by atoms with Crippen molar-refractivity contribution in [3.63, 3.8) is 0 Å². The minimum Gasteiger partial charge on any atom is -0.481 e. The smallest absolute Gasteiger partial charge is 0.243 e. The third-order valence-corrected chi connectivity index (χ3v) is 7.33. The van der Waals surface area contributed by atoms with E-state index in [0.717, 1.165) is 11.1 Å². The van der Waals surface area contributed by atoms with E-state index in [1.165, 1.54) is 21.1 Å². The highest BCUT2D eigenvalue weighted by molar-refractivity contribution is 7.93. The number of sulfonamides is 1. The predicted octanol–water partition coefficient (Wildman–Crippen LogP) is 3.26. The first-order valence-electron chi connectivity index (χ1n) is 11.1. The van der Waals surface area contributed by atoms with Crippen molar-refractivity contribution in [1.82, 2.24) is 29.7 Å². The van der Waals surface area contributed by atoms with E-state index in [1.54, 1.807) is 35.2 Å². The van der Waals surface area contributed by atoms with Gasteiger partial charge in [0, 0.05) is 25.6 Å². The Hall–Kier alpha value is -3.90. The lowest BCUT2D eigenvalue weighted by atomic mass is 10.2. The molecule has 188 valence electrons. The van der Waals surface area contributed by atoms with Gasteiger partial charge in [-0.15, -0.1) is 10.2 Å². The molecule has 0 aliphatic carbocycles. The molecular weight excluding hydrogens is 482 g/mol. The second kappa shape index (κ2) is 10.4. The lowest BCUT2D eigenvalue weighted by Gasteiger charge is -2.22. The van der Waals surface area contributed by atoms with E-state index in [4.69, 9.17) is 9.47 Å². The van der Waals surface area contributed by atoms with Gasteiger partial charge in [0.2, 0.25) is 21.9 Å². The molecule has 0 aliphatic heterocycles. The zero-order chi connectivity index (χ0) is 25.9. The summed E-state index contributed by atoms with van der Waals surface area (Å²) in [6.45, 7) is 5.29. The summed E-state index contributed by atoms with van der Waals surface area (Å²) in [5, 5.41) is 7.39. The highest BCUT2D eigenvalue weighted by Gasteiger charge is 2.34. The van der Waals surface area contributed by atoms with E-state index in [2.05, 4.69) is 29.9 Å². The second-order valence-corrected chi connectivity index (χ2v) is 10.2. The van der Waals surface area contributed by atoms with Crippen LogP contribution in [0.25, 0.3) is 17.2 Å². The molecule has 2 unspecified atom stereocenters. The number of hydrogen-bond acceptors (Lipinski definition) is 9. The number of aryl methyl sites for hydroxylation is 2. The summed E-state index contributed by atoms with van der Waals surface area (Å²) in [5.41, 5.74) is 2.90. The van der Waals surface area contributed by atoms with Crippen molar-refractivity contribution < 1.29 is 17.9 Å². The Morgan fingerprint density at radius 2 is 1.69 bits per heavy atom. The standard InChI is InChI=1S/C24H27N7O4S/c1-15-13-25-22(26-14-15)21(35-5)17(3)36(32,33)30-24-29-28-23(18-10-8-12-20(27-18)34-4)31(24)19-11-7-6-9-16(19)2/h6-14,17,21H,1-5H3,(H,29,30). The second-order valence-electron chi connectivity index (χ2n) is 8.16. The maximum absolute atomic E-state index is 13.5. The average molecular weight is 510 g/mol. The number of nitrogens with one attached hydrogen (secondary N) is 1. The molecule has 1 N–H and O–H groups in total. The highest BCUT2D eigenvalue weighted by Crippen LogP contribution is 2.29. The van der Waals surface area contributed by atoms with Crippen LogP contribution in [0.2, 0.25) is 0 Å². The van der Waals surface area contributed by atoms with Crippen LogP contribution in [0, 0.1) is 13.8 Å². The van der Waals surface area contributed by atoms with Gasteiger partial charge >= 0.3 is 0 Å². The van der Waals surface area contributed by atoms with Gasteiger partial charge in [-0.3, -0.25) is 9.29 Å². The van der Waals surface area contributed by atoms with E-state index in [0.29, 0.717) is 23.1 Å². The number of para-hydroxylation sites is 1. The van der Waals surface area contributed by atoms with E-state index < -0.39 is 21.4 Å². The molecule has 11 nitrogen and oxygen atoms in total. The summed E-state index contributed by atoms with van der Waals surface area (Å²) in [5.74, 6) is 1.01. The number of benzene rings is 1. The van der Waals surface area contributed by atoms with Crippen LogP contribution in [0.15, 0.2) is 54.9 Å². The third-order valence-electron chi connectivity index (χ3n) is 5.64. The van der Waals surface area contributed by atoms with Crippen LogP contribution in [0.5, 0.6) is 5.88 Å². The average Bonchev–Trinajstić information content (AvgIpc) is 3.28.